The van der Waals surface area contributed by atoms with E-state index in [1.54, 1.807) is 6.08 Å². The maximum absolute atomic E-state index is 12.6. The molecule has 0 heterocycles. The van der Waals surface area contributed by atoms with Crippen LogP contribution in [0.5, 0.6) is 0 Å². The molecule has 3 heteroatoms. The Morgan fingerprint density at radius 1 is 1.47 bits per heavy atom. The van der Waals surface area contributed by atoms with Crippen LogP contribution in [-0.2, 0) is 4.79 Å². The molecule has 0 spiro atoms. The van der Waals surface area contributed by atoms with Gasteiger partial charge in [-0.15, -0.1) is 6.58 Å². The first-order chi connectivity index (χ1) is 8.06. The molecule has 17 heavy (non-hydrogen) atoms. The van der Waals surface area contributed by atoms with Gasteiger partial charge in [-0.05, 0) is 44.9 Å². The maximum atomic E-state index is 12.6. The number of carbonyl (C=O) groups is 1. The van der Waals surface area contributed by atoms with Gasteiger partial charge in [-0.2, -0.15) is 0 Å². The minimum atomic E-state index is 0.0658. The number of amides is 1. The normalized spacial score (nSPS) is 35.3. The Balaban J connectivity index is 2.10. The zero-order valence-corrected chi connectivity index (χ0v) is 10.9. The summed E-state index contributed by atoms with van der Waals surface area (Å²) in [6.07, 6.45) is 5.38. The van der Waals surface area contributed by atoms with Crippen LogP contribution < -0.4 is 5.73 Å². The lowest BCUT2D eigenvalue weighted by atomic mass is 9.83. The minimum absolute atomic E-state index is 0.0658. The molecule has 2 aliphatic rings. The van der Waals surface area contributed by atoms with Crippen LogP contribution in [0.1, 0.15) is 33.1 Å². The summed E-state index contributed by atoms with van der Waals surface area (Å²) in [7, 11) is 0. The molecule has 4 atom stereocenters. The smallest absolute Gasteiger partial charge is 0.228 e. The Kier molecular flexibility index (Phi) is 3.57. The highest BCUT2D eigenvalue weighted by Crippen LogP contribution is 2.48. The zero-order chi connectivity index (χ0) is 12.6. The quantitative estimate of drug-likeness (QED) is 0.756. The molecule has 0 aromatic carbocycles. The van der Waals surface area contributed by atoms with Gasteiger partial charge in [0.25, 0.3) is 0 Å². The number of hydrogen-bond donors (Lipinski definition) is 1. The lowest BCUT2D eigenvalue weighted by Gasteiger charge is -2.34. The third kappa shape index (κ3) is 2.13. The third-order valence-corrected chi connectivity index (χ3v) is 4.50. The molecule has 1 amide bonds. The second kappa shape index (κ2) is 4.81. The van der Waals surface area contributed by atoms with E-state index in [0.717, 1.165) is 6.42 Å². The van der Waals surface area contributed by atoms with Crippen molar-refractivity contribution in [2.24, 2.45) is 23.5 Å². The SMILES string of the molecule is C=CCN(C(=O)C1C2CCC(C2)C1N)C(C)C. The van der Waals surface area contributed by atoms with E-state index in [4.69, 9.17) is 5.73 Å². The Hall–Kier alpha value is -0.830. The molecule has 2 aliphatic carbocycles. The highest BCUT2D eigenvalue weighted by Gasteiger charge is 2.50. The zero-order valence-electron chi connectivity index (χ0n) is 10.9. The van der Waals surface area contributed by atoms with Gasteiger partial charge in [-0.1, -0.05) is 6.08 Å². The first-order valence-corrected chi connectivity index (χ1v) is 6.73. The van der Waals surface area contributed by atoms with Crippen molar-refractivity contribution in [1.29, 1.82) is 0 Å². The Bertz CT molecular complexity index is 311. The summed E-state index contributed by atoms with van der Waals surface area (Å²) in [5, 5.41) is 0. The van der Waals surface area contributed by atoms with E-state index in [0.29, 0.717) is 18.4 Å². The van der Waals surface area contributed by atoms with Crippen molar-refractivity contribution in [2.75, 3.05) is 6.54 Å². The van der Waals surface area contributed by atoms with Crippen molar-refractivity contribution in [3.63, 3.8) is 0 Å². The van der Waals surface area contributed by atoms with Crippen LogP contribution in [0.2, 0.25) is 0 Å². The van der Waals surface area contributed by atoms with E-state index in [1.807, 2.05) is 4.90 Å². The number of nitrogens with two attached hydrogens (primary N) is 1. The van der Waals surface area contributed by atoms with Gasteiger partial charge in [0.05, 0.1) is 5.92 Å². The van der Waals surface area contributed by atoms with Crippen molar-refractivity contribution in [3.05, 3.63) is 12.7 Å². The van der Waals surface area contributed by atoms with Gasteiger partial charge < -0.3 is 10.6 Å². The molecule has 2 fully saturated rings. The molecule has 0 aromatic rings. The van der Waals surface area contributed by atoms with E-state index in [1.165, 1.54) is 12.8 Å². The topological polar surface area (TPSA) is 46.3 Å². The fraction of sp³-hybridized carbons (Fsp3) is 0.786. The molecule has 2 bridgehead atoms. The summed E-state index contributed by atoms with van der Waals surface area (Å²) in [4.78, 5) is 14.5. The summed E-state index contributed by atoms with van der Waals surface area (Å²) < 4.78 is 0. The summed E-state index contributed by atoms with van der Waals surface area (Å²) >= 11 is 0. The van der Waals surface area contributed by atoms with Crippen LogP contribution in [0.15, 0.2) is 12.7 Å². The van der Waals surface area contributed by atoms with E-state index in [9.17, 15) is 4.79 Å². The molecule has 2 N–H and O–H groups in total. The van der Waals surface area contributed by atoms with E-state index in [-0.39, 0.29) is 23.9 Å². The first-order valence-electron chi connectivity index (χ1n) is 6.73. The van der Waals surface area contributed by atoms with Gasteiger partial charge >= 0.3 is 0 Å². The van der Waals surface area contributed by atoms with Crippen LogP contribution in [0, 0.1) is 17.8 Å². The summed E-state index contributed by atoms with van der Waals surface area (Å²) in [6, 6.07) is 0.319. The lowest BCUT2D eigenvalue weighted by molar-refractivity contribution is -0.138. The largest absolute Gasteiger partial charge is 0.336 e. The third-order valence-electron chi connectivity index (χ3n) is 4.50. The van der Waals surface area contributed by atoms with Crippen molar-refractivity contribution >= 4 is 5.91 Å². The van der Waals surface area contributed by atoms with Crippen molar-refractivity contribution in [2.45, 2.75) is 45.2 Å². The number of carbonyl (C=O) groups excluding carboxylic acids is 1. The summed E-state index contributed by atoms with van der Waals surface area (Å²) in [5.41, 5.74) is 6.23. The fourth-order valence-electron chi connectivity index (χ4n) is 3.59. The average Bonchev–Trinajstić information content (AvgIpc) is 2.84. The highest BCUT2D eigenvalue weighted by molar-refractivity contribution is 5.81. The van der Waals surface area contributed by atoms with E-state index in [2.05, 4.69) is 20.4 Å². The number of hydrogen-bond acceptors (Lipinski definition) is 2. The van der Waals surface area contributed by atoms with Crippen LogP contribution in [0.3, 0.4) is 0 Å². The molecule has 2 rings (SSSR count). The molecule has 0 aromatic heterocycles. The van der Waals surface area contributed by atoms with Gasteiger partial charge in [0.2, 0.25) is 5.91 Å². The lowest BCUT2D eigenvalue weighted by Crippen LogP contribution is -2.49. The van der Waals surface area contributed by atoms with Gasteiger partial charge in [-0.25, -0.2) is 0 Å². The molecule has 2 saturated carbocycles. The summed E-state index contributed by atoms with van der Waals surface area (Å²) in [5.74, 6) is 1.44. The standard InChI is InChI=1S/C14H24N2O/c1-4-7-16(9(2)3)14(17)12-10-5-6-11(8-10)13(12)15/h4,9-13H,1,5-8,15H2,2-3H3. The van der Waals surface area contributed by atoms with Crippen molar-refractivity contribution in [3.8, 4) is 0 Å². The second-order valence-electron chi connectivity index (χ2n) is 5.81. The average molecular weight is 236 g/mol. The van der Waals surface area contributed by atoms with Crippen LogP contribution in [0.4, 0.5) is 0 Å². The van der Waals surface area contributed by atoms with E-state index >= 15 is 0 Å². The predicted molar refractivity (Wildman–Crippen MR) is 69.3 cm³/mol. The maximum Gasteiger partial charge on any atom is 0.228 e. The molecule has 96 valence electrons. The minimum Gasteiger partial charge on any atom is -0.336 e. The summed E-state index contributed by atoms with van der Waals surface area (Å²) in [6.45, 7) is 8.48. The van der Waals surface area contributed by atoms with Crippen LogP contribution in [-0.4, -0.2) is 29.4 Å². The molecule has 0 aliphatic heterocycles. The number of rotatable bonds is 4. The second-order valence-corrected chi connectivity index (χ2v) is 5.81. The van der Waals surface area contributed by atoms with Crippen molar-refractivity contribution in [1.82, 2.24) is 4.90 Å². The molecule has 4 unspecified atom stereocenters. The van der Waals surface area contributed by atoms with Crippen molar-refractivity contribution < 1.29 is 4.79 Å². The predicted octanol–water partition coefficient (Wildman–Crippen LogP) is 1.78. The number of fused-ring (bicyclic) bond motifs is 2. The Morgan fingerprint density at radius 3 is 2.59 bits per heavy atom. The highest BCUT2D eigenvalue weighted by atomic mass is 16.2. The van der Waals surface area contributed by atoms with Crippen LogP contribution >= 0.6 is 0 Å². The molecule has 3 nitrogen and oxygen atoms in total. The molecule has 0 radical (unpaired) electrons. The van der Waals surface area contributed by atoms with E-state index < -0.39 is 0 Å². The fourth-order valence-corrected chi connectivity index (χ4v) is 3.59. The van der Waals surface area contributed by atoms with Gasteiger partial charge in [0.1, 0.15) is 0 Å². The first kappa shape index (κ1) is 12.6. The Morgan fingerprint density at radius 2 is 2.12 bits per heavy atom. The molecular weight excluding hydrogens is 212 g/mol. The van der Waals surface area contributed by atoms with Crippen LogP contribution in [0.25, 0.3) is 0 Å². The Labute approximate surface area is 104 Å². The van der Waals surface area contributed by atoms with Gasteiger partial charge in [-0.3, -0.25) is 4.79 Å². The van der Waals surface area contributed by atoms with Gasteiger partial charge in [0.15, 0.2) is 0 Å². The number of nitrogens with zero attached hydrogens (tertiary/aromatic N) is 1. The molecular formula is C14H24N2O. The van der Waals surface area contributed by atoms with Gasteiger partial charge in [0, 0.05) is 18.6 Å². The monoisotopic (exact) mass is 236 g/mol. The molecule has 0 saturated heterocycles.